The first-order valence-corrected chi connectivity index (χ1v) is 10.2. The van der Waals surface area contributed by atoms with Crippen LogP contribution in [-0.4, -0.2) is 14.9 Å². The molecule has 0 spiro atoms. The number of rotatable bonds is 4. The van der Waals surface area contributed by atoms with Gasteiger partial charge in [0.25, 0.3) is 5.82 Å². The Hall–Kier alpha value is -3.59. The summed E-state index contributed by atoms with van der Waals surface area (Å²) < 4.78 is 71.9. The summed E-state index contributed by atoms with van der Waals surface area (Å²) >= 11 is 0. The van der Waals surface area contributed by atoms with E-state index in [1.165, 1.54) is 4.57 Å². The molecule has 33 heavy (non-hydrogen) atoms. The number of hydrogen-bond acceptors (Lipinski definition) is 2. The first-order chi connectivity index (χ1) is 15.8. The quantitative estimate of drug-likeness (QED) is 0.215. The number of fused-ring (bicyclic) bond motifs is 1. The van der Waals surface area contributed by atoms with Crippen LogP contribution >= 0.6 is 0 Å². The Morgan fingerprint density at radius 2 is 1.27 bits per heavy atom. The Kier molecular flexibility index (Phi) is 5.01. The second kappa shape index (κ2) is 7.77. The van der Waals surface area contributed by atoms with E-state index in [0.29, 0.717) is 34.5 Å². The zero-order chi connectivity index (χ0) is 23.3. The van der Waals surface area contributed by atoms with Gasteiger partial charge in [0.15, 0.2) is 0 Å². The summed E-state index contributed by atoms with van der Waals surface area (Å²) in [5.41, 5.74) is -1.53. The van der Waals surface area contributed by atoms with Crippen molar-refractivity contribution < 1.29 is 31.6 Å². The summed E-state index contributed by atoms with van der Waals surface area (Å²) in [6.45, 7) is 0. The van der Waals surface area contributed by atoms with E-state index in [9.17, 15) is 27.1 Å². The van der Waals surface area contributed by atoms with E-state index in [2.05, 4.69) is 5.10 Å². The molecule has 1 N–H and O–H groups in total. The van der Waals surface area contributed by atoms with Crippen LogP contribution in [0.25, 0.3) is 5.69 Å². The molecule has 168 valence electrons. The molecule has 0 radical (unpaired) electrons. The summed E-state index contributed by atoms with van der Waals surface area (Å²) in [5.74, 6) is -9.95. The second-order valence-corrected chi connectivity index (χ2v) is 7.85. The Morgan fingerprint density at radius 1 is 0.788 bits per heavy atom. The van der Waals surface area contributed by atoms with Gasteiger partial charge in [0, 0.05) is 11.5 Å². The topological polar surface area (TPSA) is 41.9 Å². The number of benzene rings is 3. The lowest BCUT2D eigenvalue weighted by molar-refractivity contribution is -0.731. The van der Waals surface area contributed by atoms with Crippen LogP contribution in [0.5, 0.6) is 0 Å². The minimum absolute atomic E-state index is 0.328. The standard InChI is InChI=1S/C24H17F5N3O/c25-18-19(26)21(28)23(22(29)20(18)27)32-13-31-16(11-12-17(31)30-32)24(33,14-7-3-1-4-8-14)15-9-5-2-6-10-15/h1-10,13,16,33H,11-12H2/q+1/t16-/m1/s1. The van der Waals surface area contributed by atoms with Crippen molar-refractivity contribution in [3.63, 3.8) is 0 Å². The fourth-order valence-corrected chi connectivity index (χ4v) is 4.48. The van der Waals surface area contributed by atoms with Gasteiger partial charge in [0.2, 0.25) is 41.1 Å². The van der Waals surface area contributed by atoms with Crippen LogP contribution < -0.4 is 4.57 Å². The third-order valence-corrected chi connectivity index (χ3v) is 6.06. The molecule has 0 saturated heterocycles. The van der Waals surface area contributed by atoms with Crippen molar-refractivity contribution in [1.29, 1.82) is 0 Å². The predicted octanol–water partition coefficient (Wildman–Crippen LogP) is 4.28. The Morgan fingerprint density at radius 3 is 1.79 bits per heavy atom. The van der Waals surface area contributed by atoms with Crippen LogP contribution in [0.1, 0.15) is 29.4 Å². The molecular formula is C24H17F5N3O+. The van der Waals surface area contributed by atoms with Crippen molar-refractivity contribution in [3.8, 4) is 5.69 Å². The molecule has 1 aliphatic rings. The highest BCUT2D eigenvalue weighted by atomic mass is 19.2. The Bertz CT molecular complexity index is 1270. The van der Waals surface area contributed by atoms with Crippen LogP contribution in [0.3, 0.4) is 0 Å². The molecule has 3 aromatic carbocycles. The van der Waals surface area contributed by atoms with Crippen molar-refractivity contribution in [2.75, 3.05) is 0 Å². The largest absolute Gasteiger partial charge is 0.377 e. The second-order valence-electron chi connectivity index (χ2n) is 7.85. The lowest BCUT2D eigenvalue weighted by Gasteiger charge is -2.34. The number of aromatic nitrogens is 3. The minimum Gasteiger partial charge on any atom is -0.377 e. The van der Waals surface area contributed by atoms with E-state index >= 15 is 0 Å². The van der Waals surface area contributed by atoms with E-state index in [1.54, 1.807) is 48.5 Å². The van der Waals surface area contributed by atoms with Gasteiger partial charge in [0.05, 0.1) is 0 Å². The Labute approximate surface area is 185 Å². The lowest BCUT2D eigenvalue weighted by Crippen LogP contribution is -2.50. The molecule has 0 saturated carbocycles. The number of hydrogen-bond donors (Lipinski definition) is 1. The summed E-state index contributed by atoms with van der Waals surface area (Å²) in [6, 6.07) is 17.1. The molecule has 1 atom stereocenters. The zero-order valence-electron chi connectivity index (χ0n) is 17.0. The maximum absolute atomic E-state index is 14.4. The smallest absolute Gasteiger partial charge is 0.278 e. The number of halogens is 5. The highest BCUT2D eigenvalue weighted by molar-refractivity contribution is 5.38. The highest BCUT2D eigenvalue weighted by Crippen LogP contribution is 2.41. The van der Waals surface area contributed by atoms with Crippen LogP contribution in [0.4, 0.5) is 22.0 Å². The van der Waals surface area contributed by atoms with Gasteiger partial charge in [-0.1, -0.05) is 65.3 Å². The Balaban J connectivity index is 1.67. The van der Waals surface area contributed by atoms with Gasteiger partial charge in [-0.2, -0.15) is 8.78 Å². The van der Waals surface area contributed by atoms with Gasteiger partial charge in [-0.05, 0) is 17.5 Å². The summed E-state index contributed by atoms with van der Waals surface area (Å²) in [5, 5.41) is 16.1. The molecule has 1 aromatic heterocycles. The maximum Gasteiger partial charge on any atom is 0.278 e. The molecule has 4 nitrogen and oxygen atoms in total. The molecule has 0 bridgehead atoms. The van der Waals surface area contributed by atoms with Gasteiger partial charge in [-0.3, -0.25) is 0 Å². The molecule has 5 rings (SSSR count). The van der Waals surface area contributed by atoms with Crippen LogP contribution in [0.2, 0.25) is 0 Å². The molecule has 0 aliphatic carbocycles. The molecule has 2 heterocycles. The average molecular weight is 458 g/mol. The monoisotopic (exact) mass is 458 g/mol. The predicted molar refractivity (Wildman–Crippen MR) is 107 cm³/mol. The normalized spacial score (nSPS) is 15.6. The average Bonchev–Trinajstić information content (AvgIpc) is 3.43. The molecule has 1 aliphatic heterocycles. The molecule has 0 fully saturated rings. The molecular weight excluding hydrogens is 441 g/mol. The zero-order valence-corrected chi connectivity index (χ0v) is 17.0. The van der Waals surface area contributed by atoms with Crippen molar-refractivity contribution >= 4 is 0 Å². The van der Waals surface area contributed by atoms with Gasteiger partial charge < -0.3 is 5.11 Å². The van der Waals surface area contributed by atoms with E-state index in [1.807, 2.05) is 12.1 Å². The number of aryl methyl sites for hydroxylation is 1. The van der Waals surface area contributed by atoms with Crippen LogP contribution in [0, 0.1) is 29.1 Å². The number of aliphatic hydroxyl groups is 1. The number of nitrogens with zero attached hydrogens (tertiary/aromatic N) is 3. The van der Waals surface area contributed by atoms with Crippen LogP contribution in [0.15, 0.2) is 67.0 Å². The van der Waals surface area contributed by atoms with Crippen molar-refractivity contribution in [2.45, 2.75) is 24.5 Å². The minimum atomic E-state index is -2.23. The lowest BCUT2D eigenvalue weighted by atomic mass is 9.79. The van der Waals surface area contributed by atoms with E-state index < -0.39 is 46.4 Å². The third kappa shape index (κ3) is 3.14. The molecule has 4 aromatic rings. The summed E-state index contributed by atoms with van der Waals surface area (Å²) in [4.78, 5) is 0. The van der Waals surface area contributed by atoms with E-state index in [0.717, 1.165) is 6.33 Å². The van der Waals surface area contributed by atoms with E-state index in [4.69, 9.17) is 0 Å². The maximum atomic E-state index is 14.4. The molecule has 9 heteroatoms. The summed E-state index contributed by atoms with van der Waals surface area (Å²) in [7, 11) is 0. The van der Waals surface area contributed by atoms with Gasteiger partial charge in [-0.15, -0.1) is 0 Å². The SMILES string of the molecule is OC(c1ccccc1)(c1ccccc1)[C@H]1CCc2nn(-c3c(F)c(F)c(F)c(F)c3F)c[n+]21. The van der Waals surface area contributed by atoms with Crippen LogP contribution in [-0.2, 0) is 12.0 Å². The fourth-order valence-electron chi connectivity index (χ4n) is 4.48. The molecule has 0 amide bonds. The van der Waals surface area contributed by atoms with Gasteiger partial charge >= 0.3 is 0 Å². The molecule has 0 unspecified atom stereocenters. The summed E-state index contributed by atoms with van der Waals surface area (Å²) in [6.07, 6.45) is 1.93. The van der Waals surface area contributed by atoms with Crippen molar-refractivity contribution in [3.05, 3.63) is 113 Å². The first-order valence-electron chi connectivity index (χ1n) is 10.2. The highest BCUT2D eigenvalue weighted by Gasteiger charge is 2.49. The fraction of sp³-hybridized carbons (Fsp3) is 0.167. The first kappa shape index (κ1) is 21.3. The third-order valence-electron chi connectivity index (χ3n) is 6.06. The van der Waals surface area contributed by atoms with Crippen molar-refractivity contribution in [2.24, 2.45) is 0 Å². The van der Waals surface area contributed by atoms with Crippen molar-refractivity contribution in [1.82, 2.24) is 9.78 Å². The van der Waals surface area contributed by atoms with Gasteiger partial charge in [0.1, 0.15) is 11.6 Å². The van der Waals surface area contributed by atoms with E-state index in [-0.39, 0.29) is 0 Å². The van der Waals surface area contributed by atoms with Gasteiger partial charge in [-0.25, -0.2) is 17.7 Å².